The lowest BCUT2D eigenvalue weighted by Crippen LogP contribution is -2.26. The maximum atomic E-state index is 13.1. The number of thiophene rings is 1. The Morgan fingerprint density at radius 3 is 2.59 bits per heavy atom. The van der Waals surface area contributed by atoms with E-state index in [0.717, 1.165) is 16.9 Å². The van der Waals surface area contributed by atoms with Crippen LogP contribution in [-0.4, -0.2) is 26.5 Å². The molecule has 1 amide bonds. The van der Waals surface area contributed by atoms with Crippen LogP contribution in [0, 0.1) is 6.92 Å². The normalized spacial score (nSPS) is 11.0. The molecule has 0 bridgehead atoms. The highest BCUT2D eigenvalue weighted by Crippen LogP contribution is 2.27. The summed E-state index contributed by atoms with van der Waals surface area (Å²) < 4.78 is 1.53. The standard InChI is InChI=1S/C19H19N3O4S/c1-11-15-17(27-16(11)19(25)26)21-14(10-12-6-3-2-4-7-12)22(18(15)24)9-5-8-13(20)23/h2-4,6-7H,5,8-10H2,1H3,(H2,20,23)(H,25,26). The molecule has 2 aromatic heterocycles. The Kier molecular flexibility index (Phi) is 5.36. The van der Waals surface area contributed by atoms with Gasteiger partial charge in [-0.1, -0.05) is 30.3 Å². The fraction of sp³-hybridized carbons (Fsp3) is 0.263. The Balaban J connectivity index is 2.13. The van der Waals surface area contributed by atoms with Crippen LogP contribution in [0.15, 0.2) is 35.1 Å². The molecule has 0 atom stereocenters. The highest BCUT2D eigenvalue weighted by atomic mass is 32.1. The molecule has 140 valence electrons. The minimum atomic E-state index is -1.07. The summed E-state index contributed by atoms with van der Waals surface area (Å²) in [5.41, 5.74) is 6.33. The molecule has 0 saturated carbocycles. The number of rotatable bonds is 7. The van der Waals surface area contributed by atoms with E-state index in [1.54, 1.807) is 6.92 Å². The van der Waals surface area contributed by atoms with Gasteiger partial charge in [-0.05, 0) is 24.5 Å². The third-order valence-electron chi connectivity index (χ3n) is 4.33. The predicted octanol–water partition coefficient (Wildman–Crippen LogP) is 2.32. The molecule has 0 aliphatic heterocycles. The van der Waals surface area contributed by atoms with E-state index in [0.29, 0.717) is 41.0 Å². The van der Waals surface area contributed by atoms with Gasteiger partial charge in [0.15, 0.2) is 0 Å². The quantitative estimate of drug-likeness (QED) is 0.648. The number of benzene rings is 1. The van der Waals surface area contributed by atoms with Crippen molar-refractivity contribution in [3.63, 3.8) is 0 Å². The van der Waals surface area contributed by atoms with Gasteiger partial charge < -0.3 is 10.8 Å². The first-order valence-corrected chi connectivity index (χ1v) is 9.28. The van der Waals surface area contributed by atoms with Gasteiger partial charge in [0.1, 0.15) is 15.5 Å². The van der Waals surface area contributed by atoms with Crippen molar-refractivity contribution >= 4 is 33.4 Å². The second-order valence-corrected chi connectivity index (χ2v) is 7.26. The second kappa shape index (κ2) is 7.71. The Morgan fingerprint density at radius 1 is 1.26 bits per heavy atom. The number of amides is 1. The SMILES string of the molecule is Cc1c(C(=O)O)sc2nc(Cc3ccccc3)n(CCCC(N)=O)c(=O)c12. The molecular formula is C19H19N3O4S. The van der Waals surface area contributed by atoms with Gasteiger partial charge in [0, 0.05) is 19.4 Å². The van der Waals surface area contributed by atoms with Crippen LogP contribution in [0.2, 0.25) is 0 Å². The molecule has 0 radical (unpaired) electrons. The Hall–Kier alpha value is -3.00. The molecule has 0 spiro atoms. The summed E-state index contributed by atoms with van der Waals surface area (Å²) in [4.78, 5) is 40.7. The number of nitrogens with two attached hydrogens (primary N) is 1. The number of aromatic nitrogens is 2. The van der Waals surface area contributed by atoms with E-state index in [1.807, 2.05) is 30.3 Å². The fourth-order valence-electron chi connectivity index (χ4n) is 3.02. The molecule has 8 heteroatoms. The highest BCUT2D eigenvalue weighted by Gasteiger charge is 2.21. The van der Waals surface area contributed by atoms with Gasteiger partial charge in [0.2, 0.25) is 5.91 Å². The molecule has 0 aliphatic carbocycles. The molecule has 3 aromatic rings. The highest BCUT2D eigenvalue weighted by molar-refractivity contribution is 7.20. The molecule has 0 fully saturated rings. The molecule has 3 rings (SSSR count). The number of carbonyl (C=O) groups excluding carboxylic acids is 1. The lowest BCUT2D eigenvalue weighted by atomic mass is 10.1. The van der Waals surface area contributed by atoms with Crippen molar-refractivity contribution in [1.29, 1.82) is 0 Å². The Morgan fingerprint density at radius 2 is 1.96 bits per heavy atom. The van der Waals surface area contributed by atoms with E-state index >= 15 is 0 Å². The van der Waals surface area contributed by atoms with Gasteiger partial charge in [0.25, 0.3) is 5.56 Å². The lowest BCUT2D eigenvalue weighted by molar-refractivity contribution is -0.118. The summed E-state index contributed by atoms with van der Waals surface area (Å²) in [5.74, 6) is -0.956. The molecule has 0 unspecified atom stereocenters. The van der Waals surface area contributed by atoms with Crippen LogP contribution in [0.25, 0.3) is 10.2 Å². The van der Waals surface area contributed by atoms with E-state index in [4.69, 9.17) is 5.73 Å². The molecule has 3 N–H and O–H groups in total. The van der Waals surface area contributed by atoms with Crippen LogP contribution in [0.1, 0.15) is 39.5 Å². The number of aryl methyl sites for hydroxylation is 1. The van der Waals surface area contributed by atoms with Crippen molar-refractivity contribution in [1.82, 2.24) is 9.55 Å². The smallest absolute Gasteiger partial charge is 0.346 e. The van der Waals surface area contributed by atoms with Crippen molar-refractivity contribution < 1.29 is 14.7 Å². The first-order valence-electron chi connectivity index (χ1n) is 8.46. The Bertz CT molecular complexity index is 1070. The van der Waals surface area contributed by atoms with E-state index in [9.17, 15) is 19.5 Å². The average Bonchev–Trinajstić information content (AvgIpc) is 2.95. The summed E-state index contributed by atoms with van der Waals surface area (Å²) in [5, 5.41) is 9.68. The summed E-state index contributed by atoms with van der Waals surface area (Å²) in [6.07, 6.45) is 1.01. The van der Waals surface area contributed by atoms with Crippen molar-refractivity contribution in [3.8, 4) is 0 Å². The number of carboxylic acids is 1. The van der Waals surface area contributed by atoms with Crippen molar-refractivity contribution in [2.75, 3.05) is 0 Å². The first kappa shape index (κ1) is 18.8. The minimum absolute atomic E-state index is 0.121. The monoisotopic (exact) mass is 385 g/mol. The molecular weight excluding hydrogens is 366 g/mol. The van der Waals surface area contributed by atoms with Gasteiger partial charge in [-0.2, -0.15) is 0 Å². The van der Waals surface area contributed by atoms with Crippen LogP contribution in [0.3, 0.4) is 0 Å². The zero-order chi connectivity index (χ0) is 19.6. The number of primary amides is 1. The first-order chi connectivity index (χ1) is 12.9. The maximum absolute atomic E-state index is 13.1. The van der Waals surface area contributed by atoms with E-state index in [2.05, 4.69) is 4.98 Å². The molecule has 7 nitrogen and oxygen atoms in total. The molecule has 0 aliphatic rings. The third kappa shape index (κ3) is 3.90. The summed E-state index contributed by atoms with van der Waals surface area (Å²) in [6.45, 7) is 1.92. The van der Waals surface area contributed by atoms with E-state index in [-0.39, 0.29) is 16.9 Å². The number of nitrogens with zero attached hydrogens (tertiary/aromatic N) is 2. The van der Waals surface area contributed by atoms with Crippen LogP contribution < -0.4 is 11.3 Å². The van der Waals surface area contributed by atoms with Crippen molar-refractivity contribution in [3.05, 3.63) is 62.5 Å². The summed E-state index contributed by atoms with van der Waals surface area (Å²) >= 11 is 1.01. The number of fused-ring (bicyclic) bond motifs is 1. The summed E-state index contributed by atoms with van der Waals surface area (Å²) in [7, 11) is 0. The third-order valence-corrected chi connectivity index (χ3v) is 5.51. The van der Waals surface area contributed by atoms with E-state index in [1.165, 1.54) is 4.57 Å². The largest absolute Gasteiger partial charge is 0.477 e. The van der Waals surface area contributed by atoms with E-state index < -0.39 is 11.9 Å². The lowest BCUT2D eigenvalue weighted by Gasteiger charge is -2.12. The predicted molar refractivity (Wildman–Crippen MR) is 103 cm³/mol. The van der Waals surface area contributed by atoms with Crippen LogP contribution in [0.5, 0.6) is 0 Å². The van der Waals surface area contributed by atoms with Gasteiger partial charge in [-0.3, -0.25) is 14.2 Å². The molecule has 2 heterocycles. The topological polar surface area (TPSA) is 115 Å². The second-order valence-electron chi connectivity index (χ2n) is 6.26. The Labute approximate surface area is 159 Å². The summed E-state index contributed by atoms with van der Waals surface area (Å²) in [6, 6.07) is 9.59. The van der Waals surface area contributed by atoms with Gasteiger partial charge >= 0.3 is 5.97 Å². The van der Waals surface area contributed by atoms with Gasteiger partial charge in [-0.15, -0.1) is 11.3 Å². The van der Waals surface area contributed by atoms with Crippen molar-refractivity contribution in [2.24, 2.45) is 5.73 Å². The van der Waals surface area contributed by atoms with Crippen molar-refractivity contribution in [2.45, 2.75) is 32.7 Å². The average molecular weight is 385 g/mol. The minimum Gasteiger partial charge on any atom is -0.477 e. The van der Waals surface area contributed by atoms with Crippen LogP contribution in [-0.2, 0) is 17.8 Å². The molecule has 1 aromatic carbocycles. The molecule has 27 heavy (non-hydrogen) atoms. The number of carbonyl (C=O) groups is 2. The van der Waals surface area contributed by atoms with Gasteiger partial charge in [0.05, 0.1) is 5.39 Å². The number of aromatic carboxylic acids is 1. The number of hydrogen-bond acceptors (Lipinski definition) is 5. The van der Waals surface area contributed by atoms with Crippen LogP contribution in [0.4, 0.5) is 0 Å². The molecule has 0 saturated heterocycles. The van der Waals surface area contributed by atoms with Gasteiger partial charge in [-0.25, -0.2) is 9.78 Å². The maximum Gasteiger partial charge on any atom is 0.346 e. The van der Waals surface area contributed by atoms with Crippen LogP contribution >= 0.6 is 11.3 Å². The zero-order valence-electron chi connectivity index (χ0n) is 14.8. The zero-order valence-corrected chi connectivity index (χ0v) is 15.6. The fourth-order valence-corrected chi connectivity index (χ4v) is 4.05. The number of hydrogen-bond donors (Lipinski definition) is 2. The number of carboxylic acid groups (broad SMARTS) is 1.